The van der Waals surface area contributed by atoms with Crippen LogP contribution < -0.4 is 15.8 Å². The van der Waals surface area contributed by atoms with Gasteiger partial charge in [0.25, 0.3) is 0 Å². The van der Waals surface area contributed by atoms with Gasteiger partial charge in [0.05, 0.1) is 18.8 Å². The topological polar surface area (TPSA) is 103 Å². The molecule has 1 saturated heterocycles. The van der Waals surface area contributed by atoms with Crippen LogP contribution in [0.2, 0.25) is 0 Å². The SMILES string of the molecule is COCCCOc1cc(CC(CC(N)C(O)CC(C(=O)NC[C@@H]2CCCO2)C(C)C)C(C)C)ccc1F. The zero-order valence-corrected chi connectivity index (χ0v) is 23.4. The van der Waals surface area contributed by atoms with Gasteiger partial charge in [-0.3, -0.25) is 4.79 Å². The first-order valence-electron chi connectivity index (χ1n) is 13.8. The largest absolute Gasteiger partial charge is 0.490 e. The number of carbonyl (C=O) groups excluding carboxylic acids is 1. The summed E-state index contributed by atoms with van der Waals surface area (Å²) in [4.78, 5) is 12.9. The molecule has 1 aromatic carbocycles. The lowest BCUT2D eigenvalue weighted by Gasteiger charge is -2.30. The molecule has 0 aliphatic carbocycles. The Bertz CT molecular complexity index is 801. The van der Waals surface area contributed by atoms with E-state index < -0.39 is 12.1 Å². The van der Waals surface area contributed by atoms with Gasteiger partial charge in [-0.25, -0.2) is 4.39 Å². The molecule has 0 radical (unpaired) electrons. The van der Waals surface area contributed by atoms with Crippen molar-refractivity contribution in [2.75, 3.05) is 33.5 Å². The standard InChI is InChI=1S/C29H49FN2O5/c1-19(2)22(14-21-9-10-25(30)28(15-21)37-13-7-11-35-5)16-26(31)27(33)17-24(20(3)4)29(34)32-18-23-8-6-12-36-23/h9-10,15,19-20,22-24,26-27,33H,6-8,11-14,16-18,31H2,1-5H3,(H,32,34)/t22?,23-,24?,26?,27?/m0/s1. The lowest BCUT2D eigenvalue weighted by molar-refractivity contribution is -0.128. The summed E-state index contributed by atoms with van der Waals surface area (Å²) in [6, 6.07) is 4.51. The van der Waals surface area contributed by atoms with Crippen LogP contribution in [-0.2, 0) is 20.7 Å². The summed E-state index contributed by atoms with van der Waals surface area (Å²) in [5, 5.41) is 14.0. The second kappa shape index (κ2) is 16.3. The van der Waals surface area contributed by atoms with E-state index in [1.165, 1.54) is 6.07 Å². The average Bonchev–Trinajstić information content (AvgIpc) is 3.38. The number of ether oxygens (including phenoxy) is 3. The molecule has 0 spiro atoms. The number of halogens is 1. The van der Waals surface area contributed by atoms with Crippen LogP contribution >= 0.6 is 0 Å². The molecule has 8 heteroatoms. The second-order valence-electron chi connectivity index (χ2n) is 11.1. The van der Waals surface area contributed by atoms with Gasteiger partial charge in [-0.15, -0.1) is 0 Å². The predicted octanol–water partition coefficient (Wildman–Crippen LogP) is 4.09. The van der Waals surface area contributed by atoms with Crippen molar-refractivity contribution < 1.29 is 28.5 Å². The number of nitrogens with one attached hydrogen (secondary N) is 1. The van der Waals surface area contributed by atoms with E-state index in [2.05, 4.69) is 19.2 Å². The minimum Gasteiger partial charge on any atom is -0.490 e. The molecule has 0 saturated carbocycles. The number of carbonyl (C=O) groups is 1. The van der Waals surface area contributed by atoms with Crippen molar-refractivity contribution >= 4 is 5.91 Å². The fraction of sp³-hybridized carbons (Fsp3) is 0.759. The second-order valence-corrected chi connectivity index (χ2v) is 11.1. The molecule has 1 aromatic rings. The number of aliphatic hydroxyl groups is 1. The molecular weight excluding hydrogens is 475 g/mol. The molecule has 7 nitrogen and oxygen atoms in total. The summed E-state index contributed by atoms with van der Waals surface area (Å²) in [6.07, 6.45) is 3.58. The van der Waals surface area contributed by atoms with Gasteiger partial charge >= 0.3 is 0 Å². The van der Waals surface area contributed by atoms with E-state index in [9.17, 15) is 14.3 Å². The summed E-state index contributed by atoms with van der Waals surface area (Å²) >= 11 is 0. The first-order chi connectivity index (χ1) is 17.6. The maximum atomic E-state index is 14.2. The highest BCUT2D eigenvalue weighted by Crippen LogP contribution is 2.28. The first kappa shape index (κ1) is 31.5. The van der Waals surface area contributed by atoms with Gasteiger partial charge in [0.15, 0.2) is 11.6 Å². The van der Waals surface area contributed by atoms with Gasteiger partial charge in [0.1, 0.15) is 0 Å². The Morgan fingerprint density at radius 1 is 1.22 bits per heavy atom. The molecule has 1 aliphatic heterocycles. The molecule has 212 valence electrons. The molecule has 37 heavy (non-hydrogen) atoms. The molecule has 4 unspecified atom stereocenters. The molecule has 1 aliphatic rings. The van der Waals surface area contributed by atoms with Crippen molar-refractivity contribution in [1.29, 1.82) is 0 Å². The lowest BCUT2D eigenvalue weighted by atomic mass is 9.81. The van der Waals surface area contributed by atoms with E-state index in [4.69, 9.17) is 19.9 Å². The van der Waals surface area contributed by atoms with Crippen molar-refractivity contribution in [3.05, 3.63) is 29.6 Å². The number of amides is 1. The van der Waals surface area contributed by atoms with Gasteiger partial charge in [0.2, 0.25) is 5.91 Å². The molecule has 2 rings (SSSR count). The zero-order valence-electron chi connectivity index (χ0n) is 23.4. The Morgan fingerprint density at radius 3 is 2.59 bits per heavy atom. The van der Waals surface area contributed by atoms with Crippen molar-refractivity contribution in [1.82, 2.24) is 5.32 Å². The number of aliphatic hydroxyl groups excluding tert-OH is 1. The number of nitrogens with two attached hydrogens (primary N) is 1. The zero-order chi connectivity index (χ0) is 27.4. The van der Waals surface area contributed by atoms with Crippen molar-refractivity contribution in [3.63, 3.8) is 0 Å². The first-order valence-corrected chi connectivity index (χ1v) is 13.8. The van der Waals surface area contributed by atoms with E-state index in [1.807, 2.05) is 13.8 Å². The molecule has 0 aromatic heterocycles. The Kier molecular flexibility index (Phi) is 13.8. The van der Waals surface area contributed by atoms with E-state index in [1.54, 1.807) is 19.2 Å². The molecule has 0 bridgehead atoms. The smallest absolute Gasteiger partial charge is 0.223 e. The predicted molar refractivity (Wildman–Crippen MR) is 144 cm³/mol. The summed E-state index contributed by atoms with van der Waals surface area (Å²) in [6.45, 7) is 10.5. The quantitative estimate of drug-likeness (QED) is 0.265. The third kappa shape index (κ3) is 10.9. The summed E-state index contributed by atoms with van der Waals surface area (Å²) in [5.41, 5.74) is 7.45. The average molecular weight is 525 g/mol. The summed E-state index contributed by atoms with van der Waals surface area (Å²) in [7, 11) is 1.62. The minimum absolute atomic E-state index is 0.0542. The molecule has 1 fully saturated rings. The van der Waals surface area contributed by atoms with Crippen LogP contribution in [0.4, 0.5) is 4.39 Å². The molecule has 1 heterocycles. The van der Waals surface area contributed by atoms with Gasteiger partial charge < -0.3 is 30.4 Å². The Balaban J connectivity index is 1.94. The third-order valence-corrected chi connectivity index (χ3v) is 7.42. The van der Waals surface area contributed by atoms with Gasteiger partial charge in [-0.05, 0) is 67.6 Å². The Labute approximate surface area is 222 Å². The molecular formula is C29H49FN2O5. The highest BCUT2D eigenvalue weighted by molar-refractivity contribution is 5.78. The van der Waals surface area contributed by atoms with Crippen LogP contribution in [0, 0.1) is 29.5 Å². The molecule has 4 N–H and O–H groups in total. The minimum atomic E-state index is -0.796. The van der Waals surface area contributed by atoms with Crippen LogP contribution in [-0.4, -0.2) is 62.7 Å². The number of rotatable bonds is 17. The van der Waals surface area contributed by atoms with Gasteiger partial charge in [-0.2, -0.15) is 0 Å². The maximum Gasteiger partial charge on any atom is 0.223 e. The van der Waals surface area contributed by atoms with Gasteiger partial charge in [0, 0.05) is 45.2 Å². The maximum absolute atomic E-state index is 14.2. The summed E-state index contributed by atoms with van der Waals surface area (Å²) in [5.74, 6) is 0.0542. The summed E-state index contributed by atoms with van der Waals surface area (Å²) < 4.78 is 30.5. The number of hydrogen-bond acceptors (Lipinski definition) is 6. The normalized spacial score (nSPS) is 19.1. The van der Waals surface area contributed by atoms with Crippen LogP contribution in [0.25, 0.3) is 0 Å². The fourth-order valence-electron chi connectivity index (χ4n) is 4.84. The molecule has 1 amide bonds. The number of benzene rings is 1. The van der Waals surface area contributed by atoms with Crippen LogP contribution in [0.5, 0.6) is 5.75 Å². The monoisotopic (exact) mass is 524 g/mol. The lowest BCUT2D eigenvalue weighted by Crippen LogP contribution is -2.43. The van der Waals surface area contributed by atoms with E-state index in [0.717, 1.165) is 25.0 Å². The number of hydrogen-bond donors (Lipinski definition) is 3. The number of methoxy groups -OCH3 is 1. The highest BCUT2D eigenvalue weighted by Gasteiger charge is 2.30. The van der Waals surface area contributed by atoms with Crippen molar-refractivity contribution in [2.45, 2.75) is 84.5 Å². The van der Waals surface area contributed by atoms with Crippen molar-refractivity contribution in [2.24, 2.45) is 29.4 Å². The van der Waals surface area contributed by atoms with Crippen LogP contribution in [0.1, 0.15) is 65.4 Å². The van der Waals surface area contributed by atoms with E-state index in [-0.39, 0.29) is 41.3 Å². The van der Waals surface area contributed by atoms with Crippen LogP contribution in [0.3, 0.4) is 0 Å². The fourth-order valence-corrected chi connectivity index (χ4v) is 4.84. The highest BCUT2D eigenvalue weighted by atomic mass is 19.1. The van der Waals surface area contributed by atoms with Crippen molar-refractivity contribution in [3.8, 4) is 5.75 Å². The Hall–Kier alpha value is -1.74. The van der Waals surface area contributed by atoms with Crippen LogP contribution in [0.15, 0.2) is 18.2 Å². The van der Waals surface area contributed by atoms with E-state index in [0.29, 0.717) is 51.4 Å². The third-order valence-electron chi connectivity index (χ3n) is 7.42. The van der Waals surface area contributed by atoms with E-state index >= 15 is 0 Å². The Morgan fingerprint density at radius 2 is 1.97 bits per heavy atom. The molecule has 5 atom stereocenters. The van der Waals surface area contributed by atoms with Gasteiger partial charge in [-0.1, -0.05) is 33.8 Å².